The highest BCUT2D eigenvalue weighted by molar-refractivity contribution is 6.77. The fourth-order valence-corrected chi connectivity index (χ4v) is 21.6. The van der Waals surface area contributed by atoms with Gasteiger partial charge in [-0.05, 0) is 86.8 Å². The van der Waals surface area contributed by atoms with E-state index in [4.69, 9.17) is 75.5 Å². The molecule has 119 heavy (non-hydrogen) atoms. The van der Waals surface area contributed by atoms with Crippen LogP contribution in [0.5, 0.6) is 0 Å². The molecule has 0 aromatic heterocycles. The molecule has 1 saturated carbocycles. The molecule has 16 atom stereocenters. The molecule has 0 spiro atoms. The van der Waals surface area contributed by atoms with E-state index in [9.17, 15) is 9.59 Å². The lowest BCUT2D eigenvalue weighted by atomic mass is 9.83. The van der Waals surface area contributed by atoms with Crippen LogP contribution in [0.1, 0.15) is 121 Å². The van der Waals surface area contributed by atoms with Crippen molar-refractivity contribution in [3.8, 4) is 0 Å². The molecule has 0 radical (unpaired) electrons. The Morgan fingerprint density at radius 2 is 0.597 bits per heavy atom. The summed E-state index contributed by atoms with van der Waals surface area (Å²) >= 11 is 0. The Morgan fingerprint density at radius 1 is 0.336 bits per heavy atom. The number of rotatable bonds is 43. The molecular formula is C98H112O20Si. The molecule has 2 saturated heterocycles. The first-order chi connectivity index (χ1) is 58.0. The van der Waals surface area contributed by atoms with E-state index in [1.807, 2.05) is 218 Å². The summed E-state index contributed by atoms with van der Waals surface area (Å²) in [7, 11) is -2.78. The van der Waals surface area contributed by atoms with E-state index >= 15 is 9.59 Å². The Labute approximate surface area is 700 Å². The molecule has 3 fully saturated rings. The van der Waals surface area contributed by atoms with E-state index in [0.29, 0.717) is 0 Å². The molecule has 628 valence electrons. The average Bonchev–Trinajstić information content (AvgIpc) is 0.744. The van der Waals surface area contributed by atoms with E-state index in [1.165, 1.54) is 6.92 Å². The Morgan fingerprint density at radius 3 is 0.882 bits per heavy atom. The summed E-state index contributed by atoms with van der Waals surface area (Å²) in [4.78, 5) is 57.4. The molecule has 0 amide bonds. The van der Waals surface area contributed by atoms with Gasteiger partial charge in [0.1, 0.15) is 85.6 Å². The number of ether oxygens (including phenoxy) is 15. The Kier molecular flexibility index (Phi) is 33.7. The van der Waals surface area contributed by atoms with Gasteiger partial charge >= 0.3 is 17.9 Å². The van der Waals surface area contributed by atoms with Crippen molar-refractivity contribution in [3.05, 3.63) is 336 Å². The molecule has 21 heteroatoms. The van der Waals surface area contributed by atoms with E-state index in [0.717, 1.165) is 38.9 Å². The summed E-state index contributed by atoms with van der Waals surface area (Å²) in [6.45, 7) is 18.3. The predicted molar refractivity (Wildman–Crippen MR) is 451 cm³/mol. The maximum absolute atomic E-state index is 15.5. The lowest BCUT2D eigenvalue weighted by molar-refractivity contribution is -0.376. The summed E-state index contributed by atoms with van der Waals surface area (Å²) in [5, 5.41) is 0. The first-order valence-corrected chi connectivity index (χ1v) is 43.4. The van der Waals surface area contributed by atoms with Crippen molar-refractivity contribution in [1.82, 2.24) is 0 Å². The minimum Gasteiger partial charge on any atom is -0.463 e. The minimum atomic E-state index is -2.78. The van der Waals surface area contributed by atoms with Gasteiger partial charge in [-0.1, -0.05) is 296 Å². The largest absolute Gasteiger partial charge is 0.463 e. The summed E-state index contributed by atoms with van der Waals surface area (Å²) in [6, 6.07) is 84.6. The average molecular weight is 1640 g/mol. The van der Waals surface area contributed by atoms with E-state index in [2.05, 4.69) is 48.1 Å². The van der Waals surface area contributed by atoms with Crippen molar-refractivity contribution in [3.63, 3.8) is 0 Å². The number of ketones is 1. The van der Waals surface area contributed by atoms with Crippen LogP contribution in [0.15, 0.2) is 286 Å². The summed E-state index contributed by atoms with van der Waals surface area (Å²) in [6.07, 6.45) is -20.4. The Hall–Kier alpha value is -9.50. The van der Waals surface area contributed by atoms with Gasteiger partial charge in [-0.3, -0.25) is 4.79 Å². The third-order valence-corrected chi connectivity index (χ3v) is 28.0. The maximum Gasteiger partial charge on any atom is 0.338 e. The maximum atomic E-state index is 15.5. The second kappa shape index (κ2) is 45.2. The second-order valence-corrected chi connectivity index (χ2v) is 36.6. The van der Waals surface area contributed by atoms with Gasteiger partial charge in [0.05, 0.1) is 77.0 Å². The second-order valence-electron chi connectivity index (χ2n) is 31.2. The smallest absolute Gasteiger partial charge is 0.338 e. The van der Waals surface area contributed by atoms with Crippen LogP contribution in [0.4, 0.5) is 0 Å². The standard InChI is InChI=1S/C98H112O20Si/c1-9-57-103-90-91(117-97-93(115-95(101)78-51-33-17-34-52-78)85(107-60-73-41-23-12-24-42-73)83(105-58-71-37-19-10-20-38-71)80(113-97)65-104-82(100)56-55-70(8)99)88(110-63-76-47-29-15-30-48-76)87(109-62-75-45-27-14-28-46-75)89(111-64-77-49-31-16-32-50-77)92(90)118-98-94(116-96(102)79-53-35-18-36-54-79)86(108-61-74-43-25-13-26-44-74)84(106-59-72-39-21-11-22-40-72)81(114-98)66-112-119(67(2)3,68(4)5)69(6)7/h9-54,67-69,80-81,83-94,97-98H,1,55-66H2,2-8H3/t80-,81-,83-,84-,85+,86+,87+,88+,89-,90+,91-,92-,93+,94+,97-,98-/m1/s1. The molecule has 2 heterocycles. The van der Waals surface area contributed by atoms with Crippen LogP contribution in [0.25, 0.3) is 0 Å². The van der Waals surface area contributed by atoms with Gasteiger partial charge in [0, 0.05) is 6.42 Å². The van der Waals surface area contributed by atoms with Gasteiger partial charge in [-0.2, -0.15) is 0 Å². The van der Waals surface area contributed by atoms with Crippen LogP contribution in [-0.2, 0) is 131 Å². The predicted octanol–water partition coefficient (Wildman–Crippen LogP) is 17.4. The molecule has 1 aliphatic carbocycles. The van der Waals surface area contributed by atoms with Crippen LogP contribution >= 0.6 is 0 Å². The van der Waals surface area contributed by atoms with Gasteiger partial charge in [-0.25, -0.2) is 9.59 Å². The van der Waals surface area contributed by atoms with Gasteiger partial charge in [-0.15, -0.1) is 6.58 Å². The molecule has 0 unspecified atom stereocenters. The molecule has 9 aromatic carbocycles. The highest BCUT2D eigenvalue weighted by atomic mass is 28.4. The van der Waals surface area contributed by atoms with Crippen LogP contribution in [0.3, 0.4) is 0 Å². The lowest BCUT2D eigenvalue weighted by Gasteiger charge is -2.53. The summed E-state index contributed by atoms with van der Waals surface area (Å²) in [5.41, 5.74) is 6.39. The zero-order valence-corrected chi connectivity index (χ0v) is 69.9. The summed E-state index contributed by atoms with van der Waals surface area (Å²) in [5.74, 6) is -2.38. The molecule has 20 nitrogen and oxygen atoms in total. The van der Waals surface area contributed by atoms with Gasteiger partial charge in [0.15, 0.2) is 33.1 Å². The molecule has 9 aromatic rings. The topological polar surface area (TPSA) is 216 Å². The number of benzene rings is 9. The van der Waals surface area contributed by atoms with Crippen LogP contribution < -0.4 is 0 Å². The van der Waals surface area contributed by atoms with Crippen molar-refractivity contribution >= 4 is 32.0 Å². The number of hydrogen-bond donors (Lipinski definition) is 0. The molecular weight excluding hydrogens is 1530 g/mol. The number of hydrogen-bond acceptors (Lipinski definition) is 20. The van der Waals surface area contributed by atoms with Crippen LogP contribution in [0.2, 0.25) is 16.6 Å². The first kappa shape index (κ1) is 88.8. The van der Waals surface area contributed by atoms with Crippen LogP contribution in [0, 0.1) is 0 Å². The Bertz CT molecular complexity index is 4460. The monoisotopic (exact) mass is 1640 g/mol. The van der Waals surface area contributed by atoms with Gasteiger partial charge in [0.2, 0.25) is 0 Å². The number of carbonyl (C=O) groups excluding carboxylic acids is 4. The normalized spacial score (nSPS) is 23.8. The van der Waals surface area contributed by atoms with E-state index in [1.54, 1.807) is 60.7 Å². The zero-order chi connectivity index (χ0) is 83.3. The molecule has 3 aliphatic rings. The first-order valence-electron chi connectivity index (χ1n) is 41.3. The molecule has 12 rings (SSSR count). The van der Waals surface area contributed by atoms with Crippen molar-refractivity contribution in [1.29, 1.82) is 0 Å². The molecule has 2 aliphatic heterocycles. The third-order valence-electron chi connectivity index (χ3n) is 21.9. The van der Waals surface area contributed by atoms with Gasteiger partial charge in [0.25, 0.3) is 0 Å². The fourth-order valence-electron chi connectivity index (χ4n) is 16.1. The fraction of sp³-hybridized carbons (Fsp3) is 0.388. The number of Topliss-reactive ketones (excluding diaryl/α,β-unsaturated/α-hetero) is 1. The third kappa shape index (κ3) is 24.6. The van der Waals surface area contributed by atoms with Gasteiger partial charge < -0.3 is 80.3 Å². The van der Waals surface area contributed by atoms with E-state index < -0.39 is 131 Å². The SMILES string of the molecule is C=CCO[C@@H]1[C@H](O[C@H]2O[C@H](CO[Si](C(C)C)(C(C)C)C(C)C)[C@@H](OCc3ccccc3)[C@H](OCc3ccccc3)[C@@H]2OC(=O)c2ccccc2)[C@H](OCc2ccccc2)[C@@H](OCc2ccccc2)[C@H](OCc2ccccc2)[C@H]1O[C@H]1O[C@H](COC(=O)CCC(C)=O)[C@@H](OCc2ccccc2)[C@H](OCc2ccccc2)[C@@H]1OC(=O)c1ccccc1. The highest BCUT2D eigenvalue weighted by Gasteiger charge is 2.62. The highest BCUT2D eigenvalue weighted by Crippen LogP contribution is 2.46. The number of carbonyl (C=O) groups is 4. The van der Waals surface area contributed by atoms with Crippen molar-refractivity contribution < 1.29 is 94.7 Å². The zero-order valence-electron chi connectivity index (χ0n) is 68.9. The Balaban J connectivity index is 1.08. The lowest BCUT2D eigenvalue weighted by Crippen LogP contribution is -2.71. The summed E-state index contributed by atoms with van der Waals surface area (Å²) < 4.78 is 118. The van der Waals surface area contributed by atoms with Crippen LogP contribution in [-0.4, -0.2) is 150 Å². The number of esters is 3. The van der Waals surface area contributed by atoms with E-state index in [-0.39, 0.29) is 106 Å². The van der Waals surface area contributed by atoms with Crippen molar-refractivity contribution in [2.45, 2.75) is 222 Å². The quantitative estimate of drug-likeness (QED) is 0.0150. The molecule has 0 N–H and O–H groups in total. The van der Waals surface area contributed by atoms with Crippen molar-refractivity contribution in [2.75, 3.05) is 19.8 Å². The minimum absolute atomic E-state index is 0.00898. The molecule has 0 bridgehead atoms. The van der Waals surface area contributed by atoms with Crippen molar-refractivity contribution in [2.24, 2.45) is 0 Å².